The Bertz CT molecular complexity index is 572. The number of sulfone groups is 1. The molecule has 18 heavy (non-hydrogen) atoms. The van der Waals surface area contributed by atoms with E-state index >= 15 is 0 Å². The summed E-state index contributed by atoms with van der Waals surface area (Å²) in [6, 6.07) is 3.37. The number of hydrogen-bond donors (Lipinski definition) is 2. The van der Waals surface area contributed by atoms with Crippen molar-refractivity contribution in [2.75, 3.05) is 5.75 Å². The number of carbonyl (C=O) groups is 1. The van der Waals surface area contributed by atoms with Crippen LogP contribution in [0.2, 0.25) is 5.02 Å². The Morgan fingerprint density at radius 1 is 1.39 bits per heavy atom. The number of benzene rings is 1. The summed E-state index contributed by atoms with van der Waals surface area (Å²) in [4.78, 5) is 10.6. The molecule has 0 aromatic heterocycles. The molecule has 5 nitrogen and oxygen atoms in total. The molecule has 0 radical (unpaired) electrons. The largest absolute Gasteiger partial charge is 0.478 e. The molecular formula is C11H13ClO5S. The van der Waals surface area contributed by atoms with Gasteiger partial charge in [-0.05, 0) is 32.0 Å². The maximum Gasteiger partial charge on any atom is 0.337 e. The zero-order chi connectivity index (χ0) is 14.1. The molecule has 0 saturated carbocycles. The lowest BCUT2D eigenvalue weighted by Gasteiger charge is -2.17. The van der Waals surface area contributed by atoms with Crippen LogP contribution in [0.1, 0.15) is 24.2 Å². The molecule has 1 aromatic rings. The fourth-order valence-electron chi connectivity index (χ4n) is 1.41. The highest BCUT2D eigenvalue weighted by molar-refractivity contribution is 7.91. The molecular weight excluding hydrogens is 280 g/mol. The second-order valence-electron chi connectivity index (χ2n) is 4.52. The first-order valence-electron chi connectivity index (χ1n) is 5.01. The first-order chi connectivity index (χ1) is 8.03. The highest BCUT2D eigenvalue weighted by Crippen LogP contribution is 2.23. The number of aliphatic hydroxyl groups is 1. The van der Waals surface area contributed by atoms with Gasteiger partial charge in [0, 0.05) is 0 Å². The molecule has 100 valence electrons. The quantitative estimate of drug-likeness (QED) is 0.879. The van der Waals surface area contributed by atoms with E-state index in [1.165, 1.54) is 13.8 Å². The summed E-state index contributed by atoms with van der Waals surface area (Å²) in [5, 5.41) is 18.1. The van der Waals surface area contributed by atoms with Gasteiger partial charge in [0.2, 0.25) is 0 Å². The van der Waals surface area contributed by atoms with Crippen molar-refractivity contribution in [3.05, 3.63) is 28.8 Å². The number of rotatable bonds is 4. The zero-order valence-corrected chi connectivity index (χ0v) is 11.4. The number of carboxylic acids is 1. The summed E-state index contributed by atoms with van der Waals surface area (Å²) in [5.41, 5.74) is -1.55. The van der Waals surface area contributed by atoms with Gasteiger partial charge in [0.15, 0.2) is 9.84 Å². The standard InChI is InChI=1S/C11H13ClO5S/c1-11(2,15)6-18(16,17)7-3-4-8(10(13)14)9(12)5-7/h3-5,15H,6H2,1-2H3,(H,13,14). The van der Waals surface area contributed by atoms with Crippen LogP contribution in [-0.2, 0) is 9.84 Å². The van der Waals surface area contributed by atoms with Gasteiger partial charge >= 0.3 is 5.97 Å². The van der Waals surface area contributed by atoms with Crippen molar-refractivity contribution >= 4 is 27.4 Å². The van der Waals surface area contributed by atoms with Crippen LogP contribution < -0.4 is 0 Å². The molecule has 7 heteroatoms. The lowest BCUT2D eigenvalue weighted by molar-refractivity contribution is 0.0696. The predicted molar refractivity (Wildman–Crippen MR) is 66.8 cm³/mol. The molecule has 0 saturated heterocycles. The van der Waals surface area contributed by atoms with Crippen molar-refractivity contribution in [1.29, 1.82) is 0 Å². The molecule has 0 aliphatic heterocycles. The Morgan fingerprint density at radius 3 is 2.33 bits per heavy atom. The molecule has 0 bridgehead atoms. The minimum atomic E-state index is -3.71. The average molecular weight is 293 g/mol. The van der Waals surface area contributed by atoms with Crippen LogP contribution in [0, 0.1) is 0 Å². The lowest BCUT2D eigenvalue weighted by Crippen LogP contribution is -2.30. The third-order valence-corrected chi connectivity index (χ3v) is 4.44. The van der Waals surface area contributed by atoms with E-state index in [0.29, 0.717) is 0 Å². The van der Waals surface area contributed by atoms with Crippen LogP contribution >= 0.6 is 11.6 Å². The third-order valence-electron chi connectivity index (χ3n) is 2.07. The first-order valence-corrected chi connectivity index (χ1v) is 7.04. The van der Waals surface area contributed by atoms with Crippen molar-refractivity contribution in [3.63, 3.8) is 0 Å². The maximum atomic E-state index is 11.9. The average Bonchev–Trinajstić information content (AvgIpc) is 2.12. The Labute approximate surface area is 110 Å². The van der Waals surface area contributed by atoms with E-state index in [2.05, 4.69) is 0 Å². The molecule has 0 atom stereocenters. The second-order valence-corrected chi connectivity index (χ2v) is 6.92. The minimum Gasteiger partial charge on any atom is -0.478 e. The third kappa shape index (κ3) is 3.69. The summed E-state index contributed by atoms with van der Waals surface area (Å²) < 4.78 is 23.8. The van der Waals surface area contributed by atoms with Gasteiger partial charge in [-0.15, -0.1) is 0 Å². The predicted octanol–water partition coefficient (Wildman–Crippen LogP) is 1.58. The van der Waals surface area contributed by atoms with Crippen LogP contribution in [-0.4, -0.2) is 36.0 Å². The second kappa shape index (κ2) is 4.87. The summed E-state index contributed by atoms with van der Waals surface area (Å²) in [7, 11) is -3.71. The van der Waals surface area contributed by atoms with Crippen molar-refractivity contribution < 1.29 is 23.4 Å². The molecule has 1 rings (SSSR count). The Kier molecular flexibility index (Phi) is 4.05. The smallest absolute Gasteiger partial charge is 0.337 e. The van der Waals surface area contributed by atoms with Crippen LogP contribution in [0.5, 0.6) is 0 Å². The number of aromatic carboxylic acids is 1. The van der Waals surface area contributed by atoms with Crippen molar-refractivity contribution in [1.82, 2.24) is 0 Å². The van der Waals surface area contributed by atoms with Crippen LogP contribution in [0.25, 0.3) is 0 Å². The van der Waals surface area contributed by atoms with E-state index in [1.54, 1.807) is 0 Å². The number of halogens is 1. The fraction of sp³-hybridized carbons (Fsp3) is 0.364. The van der Waals surface area contributed by atoms with E-state index in [-0.39, 0.29) is 15.5 Å². The molecule has 1 aromatic carbocycles. The van der Waals surface area contributed by atoms with E-state index in [9.17, 15) is 18.3 Å². The minimum absolute atomic E-state index is 0.111. The molecule has 0 aliphatic rings. The summed E-state index contributed by atoms with van der Waals surface area (Å²) in [5.74, 6) is -1.70. The van der Waals surface area contributed by atoms with E-state index in [1.807, 2.05) is 0 Å². The molecule has 0 unspecified atom stereocenters. The Balaban J connectivity index is 3.20. The van der Waals surface area contributed by atoms with E-state index in [4.69, 9.17) is 16.7 Å². The SMILES string of the molecule is CC(C)(O)CS(=O)(=O)c1ccc(C(=O)O)c(Cl)c1. The highest BCUT2D eigenvalue weighted by atomic mass is 35.5. The van der Waals surface area contributed by atoms with Crippen molar-refractivity contribution in [2.24, 2.45) is 0 Å². The molecule has 0 heterocycles. The zero-order valence-electron chi connectivity index (χ0n) is 9.84. The van der Waals surface area contributed by atoms with Crippen LogP contribution in [0.15, 0.2) is 23.1 Å². The lowest BCUT2D eigenvalue weighted by atomic mass is 10.2. The van der Waals surface area contributed by atoms with Gasteiger partial charge < -0.3 is 10.2 Å². The van der Waals surface area contributed by atoms with Gasteiger partial charge in [0.25, 0.3) is 0 Å². The molecule has 0 fully saturated rings. The summed E-state index contributed by atoms with van der Waals surface area (Å²) in [6.07, 6.45) is 0. The van der Waals surface area contributed by atoms with Crippen LogP contribution in [0.3, 0.4) is 0 Å². The fourth-order valence-corrected chi connectivity index (χ4v) is 3.41. The number of carboxylic acid groups (broad SMARTS) is 1. The van der Waals surface area contributed by atoms with Gasteiger partial charge in [-0.1, -0.05) is 11.6 Å². The van der Waals surface area contributed by atoms with Crippen molar-refractivity contribution in [2.45, 2.75) is 24.3 Å². The van der Waals surface area contributed by atoms with Gasteiger partial charge in [-0.2, -0.15) is 0 Å². The van der Waals surface area contributed by atoms with Gasteiger partial charge in [-0.25, -0.2) is 13.2 Å². The van der Waals surface area contributed by atoms with Gasteiger partial charge in [0.05, 0.1) is 26.8 Å². The van der Waals surface area contributed by atoms with Crippen LogP contribution in [0.4, 0.5) is 0 Å². The molecule has 0 aliphatic carbocycles. The normalized spacial score (nSPS) is 12.4. The van der Waals surface area contributed by atoms with Crippen molar-refractivity contribution in [3.8, 4) is 0 Å². The van der Waals surface area contributed by atoms with Gasteiger partial charge in [0.1, 0.15) is 0 Å². The first kappa shape index (κ1) is 14.9. The topological polar surface area (TPSA) is 91.7 Å². The summed E-state index contributed by atoms with van der Waals surface area (Å²) in [6.45, 7) is 2.75. The van der Waals surface area contributed by atoms with Gasteiger partial charge in [-0.3, -0.25) is 0 Å². The van der Waals surface area contributed by atoms with E-state index in [0.717, 1.165) is 18.2 Å². The highest BCUT2D eigenvalue weighted by Gasteiger charge is 2.26. The Morgan fingerprint density at radius 2 is 1.94 bits per heavy atom. The number of hydrogen-bond acceptors (Lipinski definition) is 4. The molecule has 0 amide bonds. The monoisotopic (exact) mass is 292 g/mol. The summed E-state index contributed by atoms with van der Waals surface area (Å²) >= 11 is 5.69. The van der Waals surface area contributed by atoms with E-state index < -0.39 is 27.2 Å². The molecule has 2 N–H and O–H groups in total. The molecule has 0 spiro atoms. The Hall–Kier alpha value is -1.11. The maximum absolute atomic E-state index is 11.9.